The standard InChI is InChI=1S/C46H29NO2/c1-2-9-30(10-3-1)31-17-22-35(23-18-31)47(40-15-8-12-33-11-4-5-13-37(33)40)36-24-19-32(20-25-36)34-21-26-42-39(29-34)46-44(49-42)28-27-43-45(46)38-14-6-7-16-41(38)48-43/h1-29H. The van der Waals surface area contributed by atoms with Crippen LogP contribution in [0.4, 0.5) is 17.1 Å². The smallest absolute Gasteiger partial charge is 0.136 e. The molecule has 0 amide bonds. The van der Waals surface area contributed by atoms with Gasteiger partial charge in [0, 0.05) is 38.3 Å². The van der Waals surface area contributed by atoms with Gasteiger partial charge >= 0.3 is 0 Å². The van der Waals surface area contributed by atoms with Crippen molar-refractivity contribution in [2.75, 3.05) is 4.90 Å². The third kappa shape index (κ3) is 4.51. The summed E-state index contributed by atoms with van der Waals surface area (Å²) in [6, 6.07) is 62.1. The molecule has 49 heavy (non-hydrogen) atoms. The van der Waals surface area contributed by atoms with Crippen LogP contribution in [0.15, 0.2) is 185 Å². The van der Waals surface area contributed by atoms with Gasteiger partial charge in [-0.05, 0) is 88.3 Å². The Morgan fingerprint density at radius 1 is 0.327 bits per heavy atom. The minimum atomic E-state index is 0.866. The molecule has 0 saturated carbocycles. The fourth-order valence-corrected chi connectivity index (χ4v) is 7.33. The first-order chi connectivity index (χ1) is 24.3. The lowest BCUT2D eigenvalue weighted by atomic mass is 10.00. The van der Waals surface area contributed by atoms with Crippen LogP contribution in [-0.4, -0.2) is 0 Å². The van der Waals surface area contributed by atoms with E-state index < -0.39 is 0 Å². The second-order valence-corrected chi connectivity index (χ2v) is 12.5. The number of benzene rings is 8. The van der Waals surface area contributed by atoms with Crippen molar-refractivity contribution in [2.24, 2.45) is 0 Å². The summed E-state index contributed by atoms with van der Waals surface area (Å²) in [5.41, 5.74) is 11.5. The lowest BCUT2D eigenvalue weighted by Gasteiger charge is -2.27. The van der Waals surface area contributed by atoms with Crippen LogP contribution in [0.5, 0.6) is 0 Å². The number of fused-ring (bicyclic) bond motifs is 8. The summed E-state index contributed by atoms with van der Waals surface area (Å²) < 4.78 is 12.6. The lowest BCUT2D eigenvalue weighted by molar-refractivity contribution is 0.663. The molecule has 0 aliphatic carbocycles. The third-order valence-electron chi connectivity index (χ3n) is 9.67. The Kier molecular flexibility index (Phi) is 6.18. The molecule has 0 atom stereocenters. The second kappa shape index (κ2) is 11.0. The van der Waals surface area contributed by atoms with E-state index in [1.165, 1.54) is 21.9 Å². The summed E-state index contributed by atoms with van der Waals surface area (Å²) in [6.07, 6.45) is 0. The highest BCUT2D eigenvalue weighted by Gasteiger charge is 2.18. The van der Waals surface area contributed by atoms with Crippen molar-refractivity contribution >= 4 is 71.7 Å². The first kappa shape index (κ1) is 27.5. The Balaban J connectivity index is 1.09. The SMILES string of the molecule is c1ccc(-c2ccc(N(c3ccc(-c4ccc5oc6ccc7oc8ccccc8c7c6c5c4)cc3)c3cccc4ccccc34)cc2)cc1. The number of hydrogen-bond donors (Lipinski definition) is 0. The van der Waals surface area contributed by atoms with E-state index in [-0.39, 0.29) is 0 Å². The molecule has 0 bridgehead atoms. The van der Waals surface area contributed by atoms with Crippen molar-refractivity contribution in [1.82, 2.24) is 0 Å². The van der Waals surface area contributed by atoms with Gasteiger partial charge in [0.2, 0.25) is 0 Å². The molecule has 0 aliphatic heterocycles. The fourth-order valence-electron chi connectivity index (χ4n) is 7.33. The van der Waals surface area contributed by atoms with E-state index in [9.17, 15) is 0 Å². The van der Waals surface area contributed by atoms with Crippen LogP contribution >= 0.6 is 0 Å². The molecule has 3 heteroatoms. The molecule has 0 saturated heterocycles. The maximum atomic E-state index is 6.34. The van der Waals surface area contributed by atoms with Gasteiger partial charge in [0.1, 0.15) is 22.3 Å². The van der Waals surface area contributed by atoms with Crippen molar-refractivity contribution < 1.29 is 8.83 Å². The van der Waals surface area contributed by atoms with Crippen LogP contribution in [-0.2, 0) is 0 Å². The molecule has 0 aliphatic rings. The van der Waals surface area contributed by atoms with E-state index in [1.54, 1.807) is 0 Å². The maximum absolute atomic E-state index is 6.34. The maximum Gasteiger partial charge on any atom is 0.136 e. The van der Waals surface area contributed by atoms with E-state index >= 15 is 0 Å². The first-order valence-corrected chi connectivity index (χ1v) is 16.6. The van der Waals surface area contributed by atoms with Crippen LogP contribution in [0.3, 0.4) is 0 Å². The summed E-state index contributed by atoms with van der Waals surface area (Å²) in [4.78, 5) is 2.36. The zero-order chi connectivity index (χ0) is 32.3. The molecule has 0 spiro atoms. The Morgan fingerprint density at radius 2 is 0.837 bits per heavy atom. The molecule has 0 unspecified atom stereocenters. The average Bonchev–Trinajstić information content (AvgIpc) is 3.74. The van der Waals surface area contributed by atoms with Gasteiger partial charge in [0.15, 0.2) is 0 Å². The fraction of sp³-hybridized carbons (Fsp3) is 0. The highest BCUT2D eigenvalue weighted by atomic mass is 16.3. The lowest BCUT2D eigenvalue weighted by Crippen LogP contribution is -2.10. The van der Waals surface area contributed by atoms with Gasteiger partial charge < -0.3 is 13.7 Å². The van der Waals surface area contributed by atoms with Crippen molar-refractivity contribution in [3.63, 3.8) is 0 Å². The molecular formula is C46H29NO2. The van der Waals surface area contributed by atoms with Crippen LogP contribution in [0.25, 0.3) is 76.9 Å². The van der Waals surface area contributed by atoms with E-state index in [1.807, 2.05) is 24.3 Å². The molecule has 230 valence electrons. The molecule has 2 aromatic heterocycles. The van der Waals surface area contributed by atoms with Crippen LogP contribution in [0, 0.1) is 0 Å². The summed E-state index contributed by atoms with van der Waals surface area (Å²) in [7, 11) is 0. The van der Waals surface area contributed by atoms with Crippen molar-refractivity contribution in [3.8, 4) is 22.3 Å². The number of hydrogen-bond acceptors (Lipinski definition) is 3. The number of nitrogens with zero attached hydrogens (tertiary/aromatic N) is 1. The highest BCUT2D eigenvalue weighted by Crippen LogP contribution is 2.43. The minimum Gasteiger partial charge on any atom is -0.456 e. The molecule has 3 nitrogen and oxygen atoms in total. The van der Waals surface area contributed by atoms with Gasteiger partial charge in [-0.25, -0.2) is 0 Å². The Morgan fingerprint density at radius 3 is 1.57 bits per heavy atom. The number of para-hydroxylation sites is 1. The Hall–Kier alpha value is -6.58. The Bertz CT molecular complexity index is 2800. The topological polar surface area (TPSA) is 29.5 Å². The third-order valence-corrected chi connectivity index (χ3v) is 9.67. The normalized spacial score (nSPS) is 11.7. The zero-order valence-electron chi connectivity index (χ0n) is 26.5. The van der Waals surface area contributed by atoms with E-state index in [4.69, 9.17) is 8.83 Å². The van der Waals surface area contributed by atoms with Gasteiger partial charge in [0.05, 0.1) is 5.69 Å². The van der Waals surface area contributed by atoms with Gasteiger partial charge in [0.25, 0.3) is 0 Å². The van der Waals surface area contributed by atoms with Gasteiger partial charge in [-0.15, -0.1) is 0 Å². The molecular weight excluding hydrogens is 599 g/mol. The zero-order valence-corrected chi connectivity index (χ0v) is 26.5. The second-order valence-electron chi connectivity index (χ2n) is 12.5. The predicted molar refractivity (Wildman–Crippen MR) is 204 cm³/mol. The molecule has 0 fully saturated rings. The quantitative estimate of drug-likeness (QED) is 0.190. The number of furan rings is 2. The van der Waals surface area contributed by atoms with Gasteiger partial charge in [-0.1, -0.05) is 115 Å². The predicted octanol–water partition coefficient (Wildman–Crippen LogP) is 13.4. The average molecular weight is 628 g/mol. The van der Waals surface area contributed by atoms with Gasteiger partial charge in [-0.3, -0.25) is 0 Å². The minimum absolute atomic E-state index is 0.866. The van der Waals surface area contributed by atoms with Crippen molar-refractivity contribution in [2.45, 2.75) is 0 Å². The van der Waals surface area contributed by atoms with E-state index in [0.717, 1.165) is 72.1 Å². The van der Waals surface area contributed by atoms with Crippen LogP contribution < -0.4 is 4.90 Å². The monoisotopic (exact) mass is 627 g/mol. The molecule has 0 radical (unpaired) electrons. The summed E-state index contributed by atoms with van der Waals surface area (Å²) >= 11 is 0. The molecule has 10 rings (SSSR count). The van der Waals surface area contributed by atoms with Crippen molar-refractivity contribution in [1.29, 1.82) is 0 Å². The van der Waals surface area contributed by atoms with E-state index in [0.29, 0.717) is 0 Å². The molecule has 0 N–H and O–H groups in total. The number of rotatable bonds is 5. The largest absolute Gasteiger partial charge is 0.456 e. The van der Waals surface area contributed by atoms with Crippen molar-refractivity contribution in [3.05, 3.63) is 176 Å². The number of anilines is 3. The summed E-state index contributed by atoms with van der Waals surface area (Å²) in [6.45, 7) is 0. The van der Waals surface area contributed by atoms with Crippen LogP contribution in [0.2, 0.25) is 0 Å². The summed E-state index contributed by atoms with van der Waals surface area (Å²) in [5, 5.41) is 6.80. The van der Waals surface area contributed by atoms with Crippen LogP contribution in [0.1, 0.15) is 0 Å². The molecule has 8 aromatic carbocycles. The first-order valence-electron chi connectivity index (χ1n) is 16.6. The molecule has 10 aromatic rings. The Labute approximate surface area is 282 Å². The van der Waals surface area contributed by atoms with Gasteiger partial charge in [-0.2, -0.15) is 0 Å². The highest BCUT2D eigenvalue weighted by molar-refractivity contribution is 6.26. The van der Waals surface area contributed by atoms with E-state index in [2.05, 4.69) is 157 Å². The molecule has 2 heterocycles. The summed E-state index contributed by atoms with van der Waals surface area (Å²) in [5.74, 6) is 0.